The van der Waals surface area contributed by atoms with Crippen molar-refractivity contribution in [3.63, 3.8) is 0 Å². The Morgan fingerprint density at radius 1 is 1.03 bits per heavy atom. The molecular formula is C25H21FN2O5S. The van der Waals surface area contributed by atoms with Gasteiger partial charge in [-0.3, -0.25) is 9.59 Å². The van der Waals surface area contributed by atoms with Crippen LogP contribution in [0.4, 0.5) is 15.8 Å². The minimum atomic E-state index is -3.37. The van der Waals surface area contributed by atoms with Crippen LogP contribution in [0, 0.1) is 5.82 Å². The summed E-state index contributed by atoms with van der Waals surface area (Å²) in [5, 5.41) is 14.8. The summed E-state index contributed by atoms with van der Waals surface area (Å²) in [6.07, 6.45) is 1.48. The predicted molar refractivity (Wildman–Crippen MR) is 127 cm³/mol. The van der Waals surface area contributed by atoms with Crippen LogP contribution >= 0.6 is 0 Å². The van der Waals surface area contributed by atoms with Gasteiger partial charge in [0.1, 0.15) is 5.82 Å². The van der Waals surface area contributed by atoms with Crippen molar-refractivity contribution in [1.82, 2.24) is 0 Å². The maximum atomic E-state index is 13.7. The van der Waals surface area contributed by atoms with Gasteiger partial charge in [-0.15, -0.1) is 0 Å². The van der Waals surface area contributed by atoms with Gasteiger partial charge in [0, 0.05) is 23.9 Å². The van der Waals surface area contributed by atoms with Crippen molar-refractivity contribution in [3.05, 3.63) is 89.2 Å². The van der Waals surface area contributed by atoms with Crippen LogP contribution in [0.5, 0.6) is 0 Å². The number of hydrogen-bond donors (Lipinski definition) is 3. The number of amides is 1. The number of aliphatic carboxylic acids is 1. The first-order valence-corrected chi connectivity index (χ1v) is 12.2. The lowest BCUT2D eigenvalue weighted by Gasteiger charge is -2.15. The van der Waals surface area contributed by atoms with Crippen molar-refractivity contribution in [2.45, 2.75) is 17.7 Å². The number of benzene rings is 3. The van der Waals surface area contributed by atoms with E-state index in [0.29, 0.717) is 40.2 Å². The fraction of sp³-hybridized carbons (Fsp3) is 0.120. The van der Waals surface area contributed by atoms with E-state index in [-0.39, 0.29) is 11.3 Å². The molecule has 0 unspecified atom stereocenters. The maximum Gasteiger partial charge on any atom is 0.303 e. The number of hydrogen-bond acceptors (Lipinski definition) is 5. The number of aryl methyl sites for hydroxylation is 1. The van der Waals surface area contributed by atoms with Crippen LogP contribution < -0.4 is 10.6 Å². The highest BCUT2D eigenvalue weighted by atomic mass is 32.2. The molecule has 3 aromatic carbocycles. The highest BCUT2D eigenvalue weighted by Gasteiger charge is 2.29. The average Bonchev–Trinajstić information content (AvgIpc) is 3.10. The van der Waals surface area contributed by atoms with Gasteiger partial charge in [-0.05, 0) is 60.0 Å². The second-order valence-electron chi connectivity index (χ2n) is 7.91. The molecule has 0 atom stereocenters. The molecule has 7 nitrogen and oxygen atoms in total. The van der Waals surface area contributed by atoms with E-state index in [1.165, 1.54) is 30.3 Å². The van der Waals surface area contributed by atoms with Crippen LogP contribution in [-0.2, 0) is 25.8 Å². The number of anilines is 2. The topological polar surface area (TPSA) is 113 Å². The van der Waals surface area contributed by atoms with Crippen LogP contribution in [0.15, 0.2) is 71.6 Å². The van der Waals surface area contributed by atoms with Gasteiger partial charge < -0.3 is 15.7 Å². The Bertz CT molecular complexity index is 1410. The summed E-state index contributed by atoms with van der Waals surface area (Å²) in [4.78, 5) is 23.9. The third kappa shape index (κ3) is 4.99. The smallest absolute Gasteiger partial charge is 0.303 e. The first-order valence-electron chi connectivity index (χ1n) is 10.4. The van der Waals surface area contributed by atoms with Crippen LogP contribution in [0.25, 0.3) is 11.3 Å². The Morgan fingerprint density at radius 3 is 2.32 bits per heavy atom. The van der Waals surface area contributed by atoms with E-state index in [1.807, 2.05) is 0 Å². The van der Waals surface area contributed by atoms with Crippen LogP contribution in [0.3, 0.4) is 0 Å². The first-order chi connectivity index (χ1) is 16.1. The lowest BCUT2D eigenvalue weighted by Crippen LogP contribution is -2.10. The number of nitrogens with one attached hydrogen (secondary N) is 2. The van der Waals surface area contributed by atoms with Crippen LogP contribution in [0.2, 0.25) is 0 Å². The van der Waals surface area contributed by atoms with Gasteiger partial charge in [0.25, 0.3) is 5.91 Å². The fourth-order valence-corrected chi connectivity index (χ4v) is 4.32. The van der Waals surface area contributed by atoms with Gasteiger partial charge in [-0.1, -0.05) is 24.3 Å². The first kappa shape index (κ1) is 23.2. The molecule has 9 heteroatoms. The number of sulfone groups is 1. The van der Waals surface area contributed by atoms with Gasteiger partial charge in [0.2, 0.25) is 0 Å². The fourth-order valence-electron chi connectivity index (χ4n) is 3.69. The largest absolute Gasteiger partial charge is 0.481 e. The Balaban J connectivity index is 1.79. The molecule has 0 spiro atoms. The molecule has 174 valence electrons. The van der Waals surface area contributed by atoms with Gasteiger partial charge in [0.15, 0.2) is 9.84 Å². The van der Waals surface area contributed by atoms with E-state index in [1.54, 1.807) is 36.4 Å². The summed E-state index contributed by atoms with van der Waals surface area (Å²) in [5.74, 6) is -1.78. The summed E-state index contributed by atoms with van der Waals surface area (Å²) in [5.41, 5.74) is 3.65. The van der Waals surface area contributed by atoms with Crippen molar-refractivity contribution >= 4 is 44.4 Å². The monoisotopic (exact) mass is 480 g/mol. The van der Waals surface area contributed by atoms with Crippen molar-refractivity contribution in [2.75, 3.05) is 16.9 Å². The molecule has 0 aliphatic carbocycles. The van der Waals surface area contributed by atoms with Crippen molar-refractivity contribution in [2.24, 2.45) is 0 Å². The lowest BCUT2D eigenvalue weighted by molar-refractivity contribution is -0.137. The third-order valence-electron chi connectivity index (χ3n) is 5.40. The standard InChI is InChI=1S/C25H21FN2O5S/c1-34(32,33)19-10-8-18(9-11-19)27-24(16-5-2-15(3-6-16)4-13-22(29)30)23-20-12-7-17(26)14-21(20)28-25(23)31/h2-3,5-12,14,27H,4,13H2,1H3,(H,28,31)(H,29,30)/b24-23-. The summed E-state index contributed by atoms with van der Waals surface area (Å²) in [7, 11) is -3.37. The van der Waals surface area contributed by atoms with Crippen molar-refractivity contribution in [3.8, 4) is 0 Å². The van der Waals surface area contributed by atoms with Gasteiger partial charge in [0.05, 0.1) is 21.9 Å². The van der Waals surface area contributed by atoms with Gasteiger partial charge in [-0.2, -0.15) is 0 Å². The number of carbonyl (C=O) groups is 2. The highest BCUT2D eigenvalue weighted by molar-refractivity contribution is 7.90. The summed E-state index contributed by atoms with van der Waals surface area (Å²) < 4.78 is 37.3. The molecule has 1 heterocycles. The van der Waals surface area contributed by atoms with E-state index in [2.05, 4.69) is 10.6 Å². The quantitative estimate of drug-likeness (QED) is 0.438. The zero-order valence-corrected chi connectivity index (χ0v) is 18.9. The molecule has 0 fully saturated rings. The molecule has 34 heavy (non-hydrogen) atoms. The van der Waals surface area contributed by atoms with Gasteiger partial charge in [-0.25, -0.2) is 12.8 Å². The Hall–Kier alpha value is -3.98. The molecule has 1 aliphatic rings. The van der Waals surface area contributed by atoms with E-state index < -0.39 is 27.5 Å². The summed E-state index contributed by atoms with van der Waals surface area (Å²) >= 11 is 0. The lowest BCUT2D eigenvalue weighted by atomic mass is 9.98. The summed E-state index contributed by atoms with van der Waals surface area (Å²) in [6.45, 7) is 0. The Labute approximate surface area is 195 Å². The third-order valence-corrected chi connectivity index (χ3v) is 6.53. The molecule has 0 saturated heterocycles. The van der Waals surface area contributed by atoms with Crippen LogP contribution in [-0.4, -0.2) is 31.7 Å². The van der Waals surface area contributed by atoms with E-state index >= 15 is 0 Å². The molecule has 3 aromatic rings. The molecule has 0 saturated carbocycles. The molecule has 4 rings (SSSR count). The Morgan fingerprint density at radius 2 is 1.71 bits per heavy atom. The van der Waals surface area contributed by atoms with Gasteiger partial charge >= 0.3 is 5.97 Å². The SMILES string of the molecule is CS(=O)(=O)c1ccc(N/C(=C2\C(=O)Nc3cc(F)ccc32)c2ccc(CCC(=O)O)cc2)cc1. The van der Waals surface area contributed by atoms with E-state index in [0.717, 1.165) is 11.8 Å². The van der Waals surface area contributed by atoms with Crippen molar-refractivity contribution in [1.29, 1.82) is 0 Å². The normalized spacial score (nSPS) is 14.4. The molecule has 1 aliphatic heterocycles. The number of carboxylic acid groups (broad SMARTS) is 1. The molecule has 3 N–H and O–H groups in total. The minimum absolute atomic E-state index is 0.000423. The highest BCUT2D eigenvalue weighted by Crippen LogP contribution is 2.38. The maximum absolute atomic E-state index is 13.7. The van der Waals surface area contributed by atoms with E-state index in [9.17, 15) is 22.4 Å². The number of rotatable bonds is 7. The second-order valence-corrected chi connectivity index (χ2v) is 9.92. The molecule has 0 radical (unpaired) electrons. The number of carboxylic acids is 1. The van der Waals surface area contributed by atoms with E-state index in [4.69, 9.17) is 5.11 Å². The predicted octanol–water partition coefficient (Wildman–Crippen LogP) is 4.18. The number of carbonyl (C=O) groups excluding carboxylic acids is 1. The zero-order chi connectivity index (χ0) is 24.5. The second kappa shape index (κ2) is 9.11. The Kier molecular flexibility index (Phi) is 6.21. The average molecular weight is 481 g/mol. The molecule has 1 amide bonds. The zero-order valence-electron chi connectivity index (χ0n) is 18.1. The molecular weight excluding hydrogens is 459 g/mol. The molecule has 0 aromatic heterocycles. The number of fused-ring (bicyclic) bond motifs is 1. The van der Waals surface area contributed by atoms with Crippen LogP contribution in [0.1, 0.15) is 23.1 Å². The molecule has 0 bridgehead atoms. The van der Waals surface area contributed by atoms with Crippen molar-refractivity contribution < 1.29 is 27.5 Å². The summed E-state index contributed by atoms with van der Waals surface area (Å²) in [6, 6.07) is 17.3. The minimum Gasteiger partial charge on any atom is -0.481 e. The number of halogens is 1.